The number of nitrogens with zero attached hydrogens (tertiary/aromatic N) is 3. The highest BCUT2D eigenvalue weighted by molar-refractivity contribution is 5.78. The van der Waals surface area contributed by atoms with Crippen LogP contribution in [0.25, 0.3) is 11.5 Å². The number of benzene rings is 1. The van der Waals surface area contributed by atoms with Crippen LogP contribution in [0.1, 0.15) is 38.5 Å². The molecule has 1 saturated heterocycles. The maximum Gasteiger partial charge on any atom is 0.247 e. The maximum absolute atomic E-state index is 13.0. The third kappa shape index (κ3) is 3.41. The van der Waals surface area contributed by atoms with Crippen molar-refractivity contribution in [3.63, 3.8) is 0 Å². The Balaban J connectivity index is 1.66. The SMILES string of the molecule is CC(C)C(=O)N1CCC(c2nnc(-c3ccc(F)cc3)o2)CC1. The fourth-order valence-corrected chi connectivity index (χ4v) is 2.82. The molecule has 0 spiro atoms. The molecule has 1 aromatic carbocycles. The summed E-state index contributed by atoms with van der Waals surface area (Å²) in [5.41, 5.74) is 0.706. The molecule has 0 aliphatic carbocycles. The summed E-state index contributed by atoms with van der Waals surface area (Å²) in [7, 11) is 0. The predicted molar refractivity (Wildman–Crippen MR) is 83.1 cm³/mol. The molecule has 0 bridgehead atoms. The zero-order chi connectivity index (χ0) is 16.4. The molecule has 0 radical (unpaired) electrons. The third-order valence-electron chi connectivity index (χ3n) is 4.18. The van der Waals surface area contributed by atoms with Gasteiger partial charge in [-0.2, -0.15) is 0 Å². The number of rotatable bonds is 3. The molecule has 1 fully saturated rings. The lowest BCUT2D eigenvalue weighted by Crippen LogP contribution is -2.40. The molecule has 1 aromatic heterocycles. The highest BCUT2D eigenvalue weighted by Crippen LogP contribution is 2.29. The van der Waals surface area contributed by atoms with Gasteiger partial charge in [-0.3, -0.25) is 4.79 Å². The lowest BCUT2D eigenvalue weighted by atomic mass is 9.96. The number of aromatic nitrogens is 2. The van der Waals surface area contributed by atoms with E-state index in [1.54, 1.807) is 12.1 Å². The first kappa shape index (κ1) is 15.6. The van der Waals surface area contributed by atoms with Gasteiger partial charge in [0.25, 0.3) is 0 Å². The third-order valence-corrected chi connectivity index (χ3v) is 4.18. The largest absolute Gasteiger partial charge is 0.420 e. The Morgan fingerprint density at radius 2 is 1.87 bits per heavy atom. The van der Waals surface area contributed by atoms with Crippen LogP contribution < -0.4 is 0 Å². The molecule has 0 atom stereocenters. The smallest absolute Gasteiger partial charge is 0.247 e. The van der Waals surface area contributed by atoms with Crippen molar-refractivity contribution in [3.8, 4) is 11.5 Å². The number of carbonyl (C=O) groups excluding carboxylic acids is 1. The normalized spacial score (nSPS) is 16.1. The zero-order valence-corrected chi connectivity index (χ0v) is 13.3. The van der Waals surface area contributed by atoms with Gasteiger partial charge in [0.1, 0.15) is 5.82 Å². The topological polar surface area (TPSA) is 59.2 Å². The average molecular weight is 317 g/mol. The molecular formula is C17H20FN3O2. The Kier molecular flexibility index (Phi) is 4.41. The van der Waals surface area contributed by atoms with Crippen molar-refractivity contribution in [3.05, 3.63) is 36.0 Å². The van der Waals surface area contributed by atoms with Crippen molar-refractivity contribution in [2.45, 2.75) is 32.6 Å². The van der Waals surface area contributed by atoms with E-state index in [9.17, 15) is 9.18 Å². The van der Waals surface area contributed by atoms with E-state index in [0.717, 1.165) is 25.9 Å². The van der Waals surface area contributed by atoms with Crippen LogP contribution in [-0.2, 0) is 4.79 Å². The van der Waals surface area contributed by atoms with Gasteiger partial charge >= 0.3 is 0 Å². The van der Waals surface area contributed by atoms with Crippen LogP contribution in [-0.4, -0.2) is 34.1 Å². The molecule has 6 heteroatoms. The van der Waals surface area contributed by atoms with E-state index < -0.39 is 0 Å². The van der Waals surface area contributed by atoms with Gasteiger partial charge in [0.2, 0.25) is 17.7 Å². The molecule has 5 nitrogen and oxygen atoms in total. The molecule has 122 valence electrons. The van der Waals surface area contributed by atoms with Crippen molar-refractivity contribution in [1.82, 2.24) is 15.1 Å². The van der Waals surface area contributed by atoms with Gasteiger partial charge in [0.15, 0.2) is 0 Å². The van der Waals surface area contributed by atoms with Crippen molar-refractivity contribution in [2.24, 2.45) is 5.92 Å². The Morgan fingerprint density at radius 3 is 2.48 bits per heavy atom. The monoisotopic (exact) mass is 317 g/mol. The van der Waals surface area contributed by atoms with Crippen LogP contribution in [0, 0.1) is 11.7 Å². The van der Waals surface area contributed by atoms with Gasteiger partial charge in [0.05, 0.1) is 0 Å². The molecular weight excluding hydrogens is 297 g/mol. The second kappa shape index (κ2) is 6.48. The minimum absolute atomic E-state index is 0.0278. The summed E-state index contributed by atoms with van der Waals surface area (Å²) in [5, 5.41) is 8.18. The second-order valence-corrected chi connectivity index (χ2v) is 6.21. The van der Waals surface area contributed by atoms with Gasteiger partial charge in [-0.15, -0.1) is 10.2 Å². The summed E-state index contributed by atoms with van der Waals surface area (Å²) in [6, 6.07) is 5.98. The van der Waals surface area contributed by atoms with Gasteiger partial charge in [0, 0.05) is 30.5 Å². The van der Waals surface area contributed by atoms with Crippen molar-refractivity contribution in [1.29, 1.82) is 0 Å². The van der Waals surface area contributed by atoms with Gasteiger partial charge in [-0.1, -0.05) is 13.8 Å². The van der Waals surface area contributed by atoms with E-state index in [1.165, 1.54) is 12.1 Å². The van der Waals surface area contributed by atoms with E-state index in [-0.39, 0.29) is 23.6 Å². The minimum Gasteiger partial charge on any atom is -0.420 e. The maximum atomic E-state index is 13.0. The summed E-state index contributed by atoms with van der Waals surface area (Å²) in [5.74, 6) is 1.10. The van der Waals surface area contributed by atoms with E-state index in [1.807, 2.05) is 18.7 Å². The van der Waals surface area contributed by atoms with Crippen LogP contribution in [0.2, 0.25) is 0 Å². The number of hydrogen-bond donors (Lipinski definition) is 0. The molecule has 0 unspecified atom stereocenters. The molecule has 2 aromatic rings. The van der Waals surface area contributed by atoms with Crippen LogP contribution >= 0.6 is 0 Å². The number of carbonyl (C=O) groups is 1. The molecule has 0 N–H and O–H groups in total. The summed E-state index contributed by atoms with van der Waals surface area (Å²) in [6.45, 7) is 5.27. The number of halogens is 1. The highest BCUT2D eigenvalue weighted by atomic mass is 19.1. The molecule has 3 rings (SSSR count). The molecule has 2 heterocycles. The fourth-order valence-electron chi connectivity index (χ4n) is 2.82. The standard InChI is InChI=1S/C17H20FN3O2/c1-11(2)17(22)21-9-7-13(8-10-21)16-20-19-15(23-16)12-3-5-14(18)6-4-12/h3-6,11,13H,7-10H2,1-2H3. The number of hydrogen-bond acceptors (Lipinski definition) is 4. The Labute approximate surface area is 134 Å². The van der Waals surface area contributed by atoms with Crippen molar-refractivity contribution < 1.29 is 13.6 Å². The predicted octanol–water partition coefficient (Wildman–Crippen LogP) is 3.24. The molecule has 1 amide bonds. The zero-order valence-electron chi connectivity index (χ0n) is 13.3. The second-order valence-electron chi connectivity index (χ2n) is 6.21. The first-order valence-corrected chi connectivity index (χ1v) is 7.92. The van der Waals surface area contributed by atoms with Crippen LogP contribution in [0.3, 0.4) is 0 Å². The fraction of sp³-hybridized carbons (Fsp3) is 0.471. The van der Waals surface area contributed by atoms with Gasteiger partial charge in [-0.05, 0) is 37.1 Å². The van der Waals surface area contributed by atoms with Crippen LogP contribution in [0.15, 0.2) is 28.7 Å². The van der Waals surface area contributed by atoms with Crippen molar-refractivity contribution >= 4 is 5.91 Å². The number of amides is 1. The lowest BCUT2D eigenvalue weighted by molar-refractivity contribution is -0.135. The van der Waals surface area contributed by atoms with E-state index in [0.29, 0.717) is 17.3 Å². The summed E-state index contributed by atoms with van der Waals surface area (Å²) < 4.78 is 18.7. The van der Waals surface area contributed by atoms with Crippen LogP contribution in [0.4, 0.5) is 4.39 Å². The van der Waals surface area contributed by atoms with E-state index >= 15 is 0 Å². The quantitative estimate of drug-likeness (QED) is 0.872. The first-order chi connectivity index (χ1) is 11.0. The number of piperidine rings is 1. The molecule has 1 aliphatic rings. The van der Waals surface area contributed by atoms with E-state index in [4.69, 9.17) is 4.42 Å². The Hall–Kier alpha value is -2.24. The van der Waals surface area contributed by atoms with E-state index in [2.05, 4.69) is 10.2 Å². The van der Waals surface area contributed by atoms with Crippen molar-refractivity contribution in [2.75, 3.05) is 13.1 Å². The first-order valence-electron chi connectivity index (χ1n) is 7.92. The van der Waals surface area contributed by atoms with Crippen LogP contribution in [0.5, 0.6) is 0 Å². The average Bonchev–Trinajstić information content (AvgIpc) is 3.05. The highest BCUT2D eigenvalue weighted by Gasteiger charge is 2.28. The molecule has 23 heavy (non-hydrogen) atoms. The minimum atomic E-state index is -0.296. The summed E-state index contributed by atoms with van der Waals surface area (Å²) >= 11 is 0. The summed E-state index contributed by atoms with van der Waals surface area (Å²) in [4.78, 5) is 13.9. The van der Waals surface area contributed by atoms with Gasteiger partial charge < -0.3 is 9.32 Å². The lowest BCUT2D eigenvalue weighted by Gasteiger charge is -2.31. The Morgan fingerprint density at radius 1 is 1.22 bits per heavy atom. The molecule has 1 aliphatic heterocycles. The molecule has 0 saturated carbocycles. The Bertz CT molecular complexity index is 673. The van der Waals surface area contributed by atoms with Gasteiger partial charge in [-0.25, -0.2) is 4.39 Å². The summed E-state index contributed by atoms with van der Waals surface area (Å²) in [6.07, 6.45) is 1.65. The number of likely N-dealkylation sites (tertiary alicyclic amines) is 1.